The molecule has 0 aliphatic heterocycles. The number of hydrogen-bond donors (Lipinski definition) is 2. The van der Waals surface area contributed by atoms with Crippen molar-refractivity contribution in [1.82, 2.24) is 15.1 Å². The summed E-state index contributed by atoms with van der Waals surface area (Å²) >= 11 is 3.37. The van der Waals surface area contributed by atoms with Gasteiger partial charge in [0.05, 0.1) is 6.54 Å². The highest BCUT2D eigenvalue weighted by molar-refractivity contribution is 9.10. The molecule has 1 amide bonds. The van der Waals surface area contributed by atoms with Crippen LogP contribution >= 0.6 is 40.7 Å². The maximum absolute atomic E-state index is 12.4. The molecule has 1 aromatic carbocycles. The third-order valence-corrected chi connectivity index (χ3v) is 3.84. The van der Waals surface area contributed by atoms with E-state index in [1.165, 1.54) is 0 Å². The van der Waals surface area contributed by atoms with Crippen LogP contribution in [0.2, 0.25) is 0 Å². The van der Waals surface area contributed by atoms with Crippen molar-refractivity contribution < 1.29 is 4.79 Å². The number of carbonyl (C=O) groups is 1. The lowest BCUT2D eigenvalue weighted by atomic mass is 9.92. The summed E-state index contributed by atoms with van der Waals surface area (Å²) in [5, 5.41) is 7.06. The molecule has 1 heterocycles. The summed E-state index contributed by atoms with van der Waals surface area (Å²) in [6.45, 7) is 4.25. The van der Waals surface area contributed by atoms with Gasteiger partial charge >= 0.3 is 0 Å². The van der Waals surface area contributed by atoms with Gasteiger partial charge in [0.1, 0.15) is 5.54 Å². The maximum Gasteiger partial charge on any atom is 0.244 e. The summed E-state index contributed by atoms with van der Waals surface area (Å²) in [6.07, 6.45) is 3.57. The van der Waals surface area contributed by atoms with E-state index in [1.54, 1.807) is 17.8 Å². The van der Waals surface area contributed by atoms with E-state index < -0.39 is 5.54 Å². The van der Waals surface area contributed by atoms with E-state index in [1.807, 2.05) is 43.5 Å². The third kappa shape index (κ3) is 5.80. The molecule has 0 saturated heterocycles. The van der Waals surface area contributed by atoms with E-state index in [4.69, 9.17) is 5.73 Å². The number of nitrogens with one attached hydrogen (secondary N) is 1. The van der Waals surface area contributed by atoms with E-state index >= 15 is 0 Å². The van der Waals surface area contributed by atoms with Crippen LogP contribution in [0.5, 0.6) is 0 Å². The Morgan fingerprint density at radius 1 is 1.39 bits per heavy atom. The number of halogens is 3. The number of nitrogens with zero attached hydrogens (tertiary/aromatic N) is 2. The Kier molecular flexibility index (Phi) is 8.84. The fourth-order valence-corrected chi connectivity index (χ4v) is 2.30. The minimum absolute atomic E-state index is 0. The summed E-state index contributed by atoms with van der Waals surface area (Å²) in [5.74, 6) is -0.204. The highest BCUT2D eigenvalue weighted by atomic mass is 79.9. The Morgan fingerprint density at radius 2 is 2.00 bits per heavy atom. The van der Waals surface area contributed by atoms with Crippen molar-refractivity contribution in [3.63, 3.8) is 0 Å². The summed E-state index contributed by atoms with van der Waals surface area (Å²) in [5.41, 5.74) is 5.91. The Balaban J connectivity index is 0.00000242. The molecule has 128 valence electrons. The number of hydrogen-bond acceptors (Lipinski definition) is 3. The summed E-state index contributed by atoms with van der Waals surface area (Å²) in [7, 11) is 0. The maximum atomic E-state index is 12.4. The highest BCUT2D eigenvalue weighted by Gasteiger charge is 2.31. The van der Waals surface area contributed by atoms with E-state index in [9.17, 15) is 4.79 Å². The molecule has 2 unspecified atom stereocenters. The molecule has 0 radical (unpaired) electrons. The second-order valence-corrected chi connectivity index (χ2v) is 6.23. The number of amides is 1. The van der Waals surface area contributed by atoms with Gasteiger partial charge in [0.2, 0.25) is 5.91 Å². The topological polar surface area (TPSA) is 72.9 Å². The predicted octanol–water partition coefficient (Wildman–Crippen LogP) is 2.87. The molecular formula is C15H21BrCl2N4O. The molecule has 0 aliphatic rings. The Bertz CT molecular complexity index is 602. The van der Waals surface area contributed by atoms with Crippen LogP contribution in [0.4, 0.5) is 0 Å². The SMILES string of the molecule is CC(Cn1cccn1)NC(=O)C(C)(N)c1ccc(Br)cc1.Cl.Cl. The van der Waals surface area contributed by atoms with Gasteiger partial charge < -0.3 is 11.1 Å². The fraction of sp³-hybridized carbons (Fsp3) is 0.333. The zero-order chi connectivity index (χ0) is 15.5. The molecule has 2 rings (SSSR count). The molecule has 3 N–H and O–H groups in total. The van der Waals surface area contributed by atoms with Crippen molar-refractivity contribution in [1.29, 1.82) is 0 Å². The van der Waals surface area contributed by atoms with E-state index in [0.717, 1.165) is 10.0 Å². The first kappa shape index (κ1) is 21.9. The van der Waals surface area contributed by atoms with Crippen molar-refractivity contribution in [2.24, 2.45) is 5.73 Å². The molecule has 23 heavy (non-hydrogen) atoms. The van der Waals surface area contributed by atoms with Crippen molar-refractivity contribution >= 4 is 46.7 Å². The molecule has 0 spiro atoms. The minimum Gasteiger partial charge on any atom is -0.350 e. The first-order valence-electron chi connectivity index (χ1n) is 6.73. The van der Waals surface area contributed by atoms with Gasteiger partial charge in [-0.3, -0.25) is 9.48 Å². The first-order chi connectivity index (χ1) is 9.89. The summed E-state index contributed by atoms with van der Waals surface area (Å²) < 4.78 is 2.73. The van der Waals surface area contributed by atoms with Gasteiger partial charge in [-0.05, 0) is 37.6 Å². The van der Waals surface area contributed by atoms with Crippen molar-refractivity contribution in [2.45, 2.75) is 32.0 Å². The van der Waals surface area contributed by atoms with Crippen LogP contribution in [-0.4, -0.2) is 21.7 Å². The number of benzene rings is 1. The second kappa shape index (κ2) is 9.27. The van der Waals surface area contributed by atoms with Gasteiger partial charge in [0, 0.05) is 22.9 Å². The first-order valence-corrected chi connectivity index (χ1v) is 7.52. The Morgan fingerprint density at radius 3 is 2.52 bits per heavy atom. The number of aromatic nitrogens is 2. The van der Waals surface area contributed by atoms with Crippen LogP contribution < -0.4 is 11.1 Å². The smallest absolute Gasteiger partial charge is 0.244 e. The lowest BCUT2D eigenvalue weighted by molar-refractivity contribution is -0.126. The zero-order valence-electron chi connectivity index (χ0n) is 12.9. The minimum atomic E-state index is -1.07. The third-order valence-electron chi connectivity index (χ3n) is 3.31. The van der Waals surface area contributed by atoms with E-state index in [-0.39, 0.29) is 36.8 Å². The van der Waals surface area contributed by atoms with Crippen LogP contribution in [-0.2, 0) is 16.9 Å². The lowest BCUT2D eigenvalue weighted by Crippen LogP contribution is -2.52. The van der Waals surface area contributed by atoms with E-state index in [0.29, 0.717) is 6.54 Å². The number of carbonyl (C=O) groups excluding carboxylic acids is 1. The highest BCUT2D eigenvalue weighted by Crippen LogP contribution is 2.20. The molecule has 0 fully saturated rings. The summed E-state index contributed by atoms with van der Waals surface area (Å²) in [4.78, 5) is 12.4. The van der Waals surface area contributed by atoms with Crippen LogP contribution in [0.25, 0.3) is 0 Å². The van der Waals surface area contributed by atoms with E-state index in [2.05, 4.69) is 26.3 Å². The van der Waals surface area contributed by atoms with Crippen molar-refractivity contribution in [3.05, 3.63) is 52.8 Å². The summed E-state index contributed by atoms with van der Waals surface area (Å²) in [6, 6.07) is 9.24. The average Bonchev–Trinajstić information content (AvgIpc) is 2.91. The molecular weight excluding hydrogens is 403 g/mol. The molecule has 0 aliphatic carbocycles. The Labute approximate surface area is 157 Å². The average molecular weight is 424 g/mol. The predicted molar refractivity (Wildman–Crippen MR) is 100 cm³/mol. The van der Waals surface area contributed by atoms with Crippen molar-refractivity contribution in [3.8, 4) is 0 Å². The molecule has 5 nitrogen and oxygen atoms in total. The number of rotatable bonds is 5. The van der Waals surface area contributed by atoms with Crippen molar-refractivity contribution in [2.75, 3.05) is 0 Å². The Hall–Kier alpha value is -1.08. The normalized spacial score (nSPS) is 13.9. The van der Waals surface area contributed by atoms with Crippen LogP contribution in [0, 0.1) is 0 Å². The molecule has 2 aromatic rings. The van der Waals surface area contributed by atoms with Crippen LogP contribution in [0.15, 0.2) is 47.2 Å². The quantitative estimate of drug-likeness (QED) is 0.776. The number of nitrogens with two attached hydrogens (primary N) is 1. The fourth-order valence-electron chi connectivity index (χ4n) is 2.04. The van der Waals surface area contributed by atoms with Gasteiger partial charge in [0.25, 0.3) is 0 Å². The van der Waals surface area contributed by atoms with Gasteiger partial charge in [-0.2, -0.15) is 5.10 Å². The van der Waals surface area contributed by atoms with Gasteiger partial charge in [-0.25, -0.2) is 0 Å². The molecule has 8 heteroatoms. The molecule has 1 aromatic heterocycles. The van der Waals surface area contributed by atoms with Crippen LogP contribution in [0.1, 0.15) is 19.4 Å². The largest absolute Gasteiger partial charge is 0.350 e. The van der Waals surface area contributed by atoms with Gasteiger partial charge in [-0.15, -0.1) is 24.8 Å². The zero-order valence-corrected chi connectivity index (χ0v) is 16.1. The van der Waals surface area contributed by atoms with Gasteiger partial charge in [0.15, 0.2) is 0 Å². The monoisotopic (exact) mass is 422 g/mol. The lowest BCUT2D eigenvalue weighted by Gasteiger charge is -2.26. The van der Waals surface area contributed by atoms with Gasteiger partial charge in [-0.1, -0.05) is 28.1 Å². The second-order valence-electron chi connectivity index (χ2n) is 5.31. The van der Waals surface area contributed by atoms with Crippen LogP contribution in [0.3, 0.4) is 0 Å². The molecule has 0 bridgehead atoms. The molecule has 2 atom stereocenters. The standard InChI is InChI=1S/C15H19BrN4O.2ClH/c1-11(10-20-9-3-8-18-20)19-14(21)15(2,17)12-4-6-13(16)7-5-12;;/h3-9,11H,10,17H2,1-2H3,(H,19,21);2*1H. The molecule has 0 saturated carbocycles.